The molecule has 0 fully saturated rings. The molecule has 0 N–H and O–H groups in total. The van der Waals surface area contributed by atoms with Gasteiger partial charge in [-0.15, -0.1) is 0 Å². The number of nitrogens with zero attached hydrogens (tertiary/aromatic N) is 1. The van der Waals surface area contributed by atoms with Crippen molar-refractivity contribution in [1.29, 1.82) is 0 Å². The first-order valence-corrected chi connectivity index (χ1v) is 5.70. The molecule has 0 bridgehead atoms. The second kappa shape index (κ2) is 5.64. The Kier molecular flexibility index (Phi) is 5.42. The van der Waals surface area contributed by atoms with E-state index >= 15 is 0 Å². The first kappa shape index (κ1) is 15.4. The van der Waals surface area contributed by atoms with Gasteiger partial charge in [-0.3, -0.25) is 4.79 Å². The van der Waals surface area contributed by atoms with Gasteiger partial charge in [-0.25, -0.2) is 0 Å². The van der Waals surface area contributed by atoms with Crippen molar-refractivity contribution in [3.8, 4) is 0 Å². The van der Waals surface area contributed by atoms with Gasteiger partial charge in [0.2, 0.25) is 0 Å². The Bertz CT molecular complexity index is 271. The van der Waals surface area contributed by atoms with Crippen molar-refractivity contribution in [1.82, 2.24) is 0 Å². The molecule has 0 aromatic rings. The minimum atomic E-state index is -1.34. The Morgan fingerprint density at radius 1 is 1.25 bits per heavy atom. The number of aliphatic carboxylic acids is 1. The van der Waals surface area contributed by atoms with Gasteiger partial charge in [0.15, 0.2) is 5.50 Å². The normalized spacial score (nSPS) is 15.9. The molecule has 0 aromatic carbocycles. The molecule has 0 aliphatic carbocycles. The molecule has 2 atom stereocenters. The van der Waals surface area contributed by atoms with E-state index in [9.17, 15) is 14.7 Å². The third-order valence-corrected chi connectivity index (χ3v) is 3.23. The van der Waals surface area contributed by atoms with Gasteiger partial charge in [-0.2, -0.15) is 0 Å². The third-order valence-electron chi connectivity index (χ3n) is 2.47. The van der Waals surface area contributed by atoms with Crippen molar-refractivity contribution in [3.05, 3.63) is 0 Å². The number of hydrogen-bond acceptors (Lipinski definition) is 3. The number of carbonyl (C=O) groups excluding carboxylic acids is 2. The lowest BCUT2D eigenvalue weighted by Crippen LogP contribution is -2.47. The summed E-state index contributed by atoms with van der Waals surface area (Å²) in [6.45, 7) is 3.35. The highest BCUT2D eigenvalue weighted by molar-refractivity contribution is 6.20. The maximum atomic E-state index is 11.7. The summed E-state index contributed by atoms with van der Waals surface area (Å²) in [7, 11) is 5.55. The van der Waals surface area contributed by atoms with Crippen LogP contribution in [0.3, 0.4) is 0 Å². The average molecular weight is 250 g/mol. The lowest BCUT2D eigenvalue weighted by atomic mass is 9.92. The van der Waals surface area contributed by atoms with E-state index in [-0.39, 0.29) is 18.1 Å². The van der Waals surface area contributed by atoms with Gasteiger partial charge in [-0.05, 0) is 0 Å². The Morgan fingerprint density at radius 2 is 1.69 bits per heavy atom. The predicted octanol–water partition coefficient (Wildman–Crippen LogP) is 0.239. The quantitative estimate of drug-likeness (QED) is 0.293. The van der Waals surface area contributed by atoms with Crippen molar-refractivity contribution in [2.24, 2.45) is 11.8 Å². The third kappa shape index (κ3) is 4.49. The minimum absolute atomic E-state index is 0.102. The summed E-state index contributed by atoms with van der Waals surface area (Å²) in [4.78, 5) is 22.6. The van der Waals surface area contributed by atoms with Crippen molar-refractivity contribution in [3.63, 3.8) is 0 Å². The van der Waals surface area contributed by atoms with Gasteiger partial charge in [0.25, 0.3) is 0 Å². The van der Waals surface area contributed by atoms with Crippen molar-refractivity contribution in [2.75, 3.05) is 21.1 Å². The lowest BCUT2D eigenvalue weighted by molar-refractivity contribution is -0.883. The molecule has 4 nitrogen and oxygen atoms in total. The number of Topliss-reactive ketones (excluding diaryl/α,β-unsaturated/α-hetero) is 1. The fraction of sp³-hybridized carbons (Fsp3) is 0.818. The van der Waals surface area contributed by atoms with Crippen LogP contribution in [0.15, 0.2) is 0 Å². The number of carboxylic acids is 1. The molecule has 0 heterocycles. The van der Waals surface area contributed by atoms with Gasteiger partial charge in [-0.1, -0.05) is 25.4 Å². The fourth-order valence-corrected chi connectivity index (χ4v) is 1.42. The first-order valence-electron chi connectivity index (χ1n) is 5.27. The van der Waals surface area contributed by atoms with Gasteiger partial charge >= 0.3 is 0 Å². The Balaban J connectivity index is 4.72. The monoisotopic (exact) mass is 249 g/mol. The topological polar surface area (TPSA) is 57.2 Å². The number of quaternary nitrogens is 1. The molecule has 0 aliphatic rings. The molecule has 0 aliphatic heterocycles. The van der Waals surface area contributed by atoms with Crippen LogP contribution in [-0.2, 0) is 9.59 Å². The SMILES string of the molecule is CC(C)C(=O)C(CC(Cl)[N+](C)(C)C)C(=O)[O-]. The van der Waals surface area contributed by atoms with Gasteiger partial charge in [0.1, 0.15) is 5.78 Å². The smallest absolute Gasteiger partial charge is 0.165 e. The lowest BCUT2D eigenvalue weighted by Gasteiger charge is -2.32. The van der Waals surface area contributed by atoms with Crippen LogP contribution in [0.25, 0.3) is 0 Å². The van der Waals surface area contributed by atoms with Gasteiger partial charge in [0, 0.05) is 12.3 Å². The fourth-order valence-electron chi connectivity index (χ4n) is 1.24. The Hall–Kier alpha value is -0.610. The highest BCUT2D eigenvalue weighted by Crippen LogP contribution is 2.20. The van der Waals surface area contributed by atoms with Crippen LogP contribution >= 0.6 is 11.6 Å². The maximum Gasteiger partial charge on any atom is 0.165 e. The molecule has 0 aromatic heterocycles. The van der Waals surface area contributed by atoms with E-state index < -0.39 is 17.4 Å². The molecule has 0 amide bonds. The van der Waals surface area contributed by atoms with Crippen molar-refractivity contribution in [2.45, 2.75) is 25.8 Å². The molecule has 0 radical (unpaired) electrons. The van der Waals surface area contributed by atoms with E-state index in [1.54, 1.807) is 13.8 Å². The van der Waals surface area contributed by atoms with E-state index in [0.717, 1.165) is 0 Å². The second-order valence-electron chi connectivity index (χ2n) is 5.22. The molecule has 0 rings (SSSR count). The summed E-state index contributed by atoms with van der Waals surface area (Å²) in [6, 6.07) is 0. The zero-order valence-electron chi connectivity index (χ0n) is 10.5. The molecular weight excluding hydrogens is 230 g/mol. The molecule has 0 spiro atoms. The maximum absolute atomic E-state index is 11.7. The highest BCUT2D eigenvalue weighted by atomic mass is 35.5. The molecule has 16 heavy (non-hydrogen) atoms. The summed E-state index contributed by atoms with van der Waals surface area (Å²) in [5, 5.41) is 10.9. The second-order valence-corrected chi connectivity index (χ2v) is 5.72. The standard InChI is InChI=1S/C11H20ClNO3/c1-7(2)10(14)8(11(15)16)6-9(12)13(3,4)5/h7-9H,6H2,1-5H3. The van der Waals surface area contributed by atoms with Crippen LogP contribution in [-0.4, -0.2) is 42.9 Å². The molecular formula is C11H20ClNO3. The Morgan fingerprint density at radius 3 is 1.94 bits per heavy atom. The van der Waals surface area contributed by atoms with Crippen LogP contribution in [0.4, 0.5) is 0 Å². The molecule has 94 valence electrons. The van der Waals surface area contributed by atoms with E-state index in [1.165, 1.54) is 0 Å². The van der Waals surface area contributed by atoms with Gasteiger partial charge in [0.05, 0.1) is 33.0 Å². The summed E-state index contributed by atoms with van der Waals surface area (Å²) < 4.78 is 0.400. The van der Waals surface area contributed by atoms with E-state index in [4.69, 9.17) is 11.6 Å². The number of carbonyl (C=O) groups is 2. The summed E-state index contributed by atoms with van der Waals surface area (Å²) in [5.74, 6) is -3.09. The summed E-state index contributed by atoms with van der Waals surface area (Å²) in [6.07, 6.45) is 0.102. The van der Waals surface area contributed by atoms with Crippen molar-refractivity contribution < 1.29 is 19.2 Å². The van der Waals surface area contributed by atoms with Crippen LogP contribution in [0.1, 0.15) is 20.3 Å². The number of rotatable bonds is 6. The average Bonchev–Trinajstić information content (AvgIpc) is 2.10. The molecule has 2 unspecified atom stereocenters. The zero-order chi connectivity index (χ0) is 13.1. The predicted molar refractivity (Wildman–Crippen MR) is 60.6 cm³/mol. The number of halogens is 1. The van der Waals surface area contributed by atoms with Gasteiger partial charge < -0.3 is 14.4 Å². The van der Waals surface area contributed by atoms with Crippen molar-refractivity contribution >= 4 is 23.4 Å². The van der Waals surface area contributed by atoms with E-state index in [1.807, 2.05) is 21.1 Å². The van der Waals surface area contributed by atoms with E-state index in [0.29, 0.717) is 4.48 Å². The molecule has 0 saturated carbocycles. The van der Waals surface area contributed by atoms with Crippen LogP contribution in [0.5, 0.6) is 0 Å². The minimum Gasteiger partial charge on any atom is -0.549 e. The highest BCUT2D eigenvalue weighted by Gasteiger charge is 2.30. The Labute approximate surface area is 102 Å². The number of alkyl halides is 1. The summed E-state index contributed by atoms with van der Waals surface area (Å²) >= 11 is 6.07. The first-order chi connectivity index (χ1) is 7.07. The number of ketones is 1. The summed E-state index contributed by atoms with van der Waals surface area (Å²) in [5.41, 5.74) is -0.425. The number of hydrogen-bond donors (Lipinski definition) is 0. The van der Waals surface area contributed by atoms with E-state index in [2.05, 4.69) is 0 Å². The molecule has 0 saturated heterocycles. The number of carboxylic acid groups (broad SMARTS) is 1. The van der Waals surface area contributed by atoms with Crippen LogP contribution in [0, 0.1) is 11.8 Å². The molecule has 5 heteroatoms. The van der Waals surface area contributed by atoms with Crippen LogP contribution < -0.4 is 5.11 Å². The zero-order valence-corrected chi connectivity index (χ0v) is 11.2. The van der Waals surface area contributed by atoms with Crippen LogP contribution in [0.2, 0.25) is 0 Å². The largest absolute Gasteiger partial charge is 0.549 e.